The van der Waals surface area contributed by atoms with Crippen molar-refractivity contribution in [2.45, 2.75) is 58.5 Å². The van der Waals surface area contributed by atoms with Crippen LogP contribution in [0.25, 0.3) is 0 Å². The summed E-state index contributed by atoms with van der Waals surface area (Å²) in [6.07, 6.45) is 5.73. The van der Waals surface area contributed by atoms with E-state index in [9.17, 15) is 9.59 Å². The fourth-order valence-electron chi connectivity index (χ4n) is 3.52. The van der Waals surface area contributed by atoms with Crippen LogP contribution in [0.2, 0.25) is 0 Å². The maximum absolute atomic E-state index is 12.7. The minimum absolute atomic E-state index is 0. The summed E-state index contributed by atoms with van der Waals surface area (Å²) in [6, 6.07) is 4.90. The third-order valence-corrected chi connectivity index (χ3v) is 4.92. The normalized spacial score (nSPS) is 15.6. The van der Waals surface area contributed by atoms with Gasteiger partial charge in [0.15, 0.2) is 0 Å². The average molecular weight is 399 g/mol. The van der Waals surface area contributed by atoms with Gasteiger partial charge in [0.05, 0.1) is 24.5 Å². The lowest BCUT2D eigenvalue weighted by molar-refractivity contribution is -0.118. The number of carbonyl (C=O) groups is 2. The molecule has 0 bridgehead atoms. The maximum Gasteiger partial charge on any atom is 0.337 e. The molecule has 1 amide bonds. The molecule has 27 heavy (non-hydrogen) atoms. The summed E-state index contributed by atoms with van der Waals surface area (Å²) in [4.78, 5) is 24.5. The van der Waals surface area contributed by atoms with Crippen molar-refractivity contribution in [1.82, 2.24) is 0 Å². The fourth-order valence-corrected chi connectivity index (χ4v) is 3.52. The highest BCUT2D eigenvalue weighted by atomic mass is 35.5. The Morgan fingerprint density at radius 3 is 2.44 bits per heavy atom. The predicted molar refractivity (Wildman–Crippen MR) is 109 cm³/mol. The zero-order valence-electron chi connectivity index (χ0n) is 16.4. The summed E-state index contributed by atoms with van der Waals surface area (Å²) in [5.41, 5.74) is 6.71. The number of benzene rings is 1. The van der Waals surface area contributed by atoms with Crippen molar-refractivity contribution in [2.75, 3.05) is 19.0 Å². The molecule has 1 aliphatic carbocycles. The molecule has 1 fully saturated rings. The van der Waals surface area contributed by atoms with Crippen LogP contribution in [0.15, 0.2) is 18.2 Å². The summed E-state index contributed by atoms with van der Waals surface area (Å²) in [6.45, 7) is 4.33. The number of nitrogens with two attached hydrogens (primary N) is 1. The number of methoxy groups -OCH3 is 1. The van der Waals surface area contributed by atoms with Gasteiger partial charge in [-0.2, -0.15) is 0 Å². The number of rotatable bonds is 7. The van der Waals surface area contributed by atoms with Crippen LogP contribution in [0.3, 0.4) is 0 Å². The lowest BCUT2D eigenvalue weighted by Gasteiger charge is -2.35. The Labute approximate surface area is 167 Å². The van der Waals surface area contributed by atoms with Crippen LogP contribution in [0.4, 0.5) is 5.69 Å². The third kappa shape index (κ3) is 6.40. The minimum Gasteiger partial charge on any atom is -0.489 e. The molecule has 3 N–H and O–H groups in total. The number of nitrogens with one attached hydrogen (secondary N) is 1. The van der Waals surface area contributed by atoms with Gasteiger partial charge in [-0.25, -0.2) is 4.79 Å². The van der Waals surface area contributed by atoms with Crippen molar-refractivity contribution in [3.63, 3.8) is 0 Å². The van der Waals surface area contributed by atoms with E-state index in [0.717, 1.165) is 25.7 Å². The summed E-state index contributed by atoms with van der Waals surface area (Å²) in [7, 11) is 1.33. The first-order chi connectivity index (χ1) is 12.4. The van der Waals surface area contributed by atoms with Crippen LogP contribution in [-0.4, -0.2) is 31.6 Å². The maximum atomic E-state index is 12.7. The number of hydrogen-bond donors (Lipinski definition) is 2. The molecule has 7 heteroatoms. The summed E-state index contributed by atoms with van der Waals surface area (Å²) < 4.78 is 10.5. The van der Waals surface area contributed by atoms with Gasteiger partial charge in [-0.3, -0.25) is 4.79 Å². The Hall–Kier alpha value is -1.79. The summed E-state index contributed by atoms with van der Waals surface area (Å²) >= 11 is 0. The van der Waals surface area contributed by atoms with E-state index in [4.69, 9.17) is 15.2 Å². The molecule has 1 aromatic carbocycles. The van der Waals surface area contributed by atoms with Gasteiger partial charge in [0.25, 0.3) is 0 Å². The van der Waals surface area contributed by atoms with E-state index in [2.05, 4.69) is 5.32 Å². The predicted octanol–water partition coefficient (Wildman–Crippen LogP) is 3.92. The Kier molecular flexibility index (Phi) is 9.06. The Bertz CT molecular complexity index is 643. The summed E-state index contributed by atoms with van der Waals surface area (Å²) in [5.74, 6) is -0.0262. The molecule has 1 aromatic rings. The Morgan fingerprint density at radius 1 is 1.22 bits per heavy atom. The van der Waals surface area contributed by atoms with Gasteiger partial charge in [-0.15, -0.1) is 12.4 Å². The van der Waals surface area contributed by atoms with Crippen LogP contribution >= 0.6 is 12.4 Å². The highest BCUT2D eigenvalue weighted by Gasteiger charge is 2.33. The molecule has 1 saturated carbocycles. The number of amides is 1. The molecule has 2 rings (SSSR count). The lowest BCUT2D eigenvalue weighted by Crippen LogP contribution is -2.36. The SMILES string of the molecule is COC(=O)c1ccc(OC(C)C)c(NC(=O)CC2(CN)CCCCC2)c1.Cl. The van der Waals surface area contributed by atoms with Crippen molar-refractivity contribution in [1.29, 1.82) is 0 Å². The molecule has 1 aliphatic rings. The molecule has 0 heterocycles. The van der Waals surface area contributed by atoms with E-state index in [1.54, 1.807) is 18.2 Å². The van der Waals surface area contributed by atoms with E-state index < -0.39 is 5.97 Å². The van der Waals surface area contributed by atoms with Crippen molar-refractivity contribution < 1.29 is 19.1 Å². The van der Waals surface area contributed by atoms with E-state index in [-0.39, 0.29) is 29.8 Å². The van der Waals surface area contributed by atoms with Gasteiger partial charge >= 0.3 is 5.97 Å². The third-order valence-electron chi connectivity index (χ3n) is 4.92. The van der Waals surface area contributed by atoms with Gasteiger partial charge in [-0.1, -0.05) is 19.3 Å². The van der Waals surface area contributed by atoms with Crippen LogP contribution in [0.5, 0.6) is 5.75 Å². The van der Waals surface area contributed by atoms with Crippen LogP contribution < -0.4 is 15.8 Å². The average Bonchev–Trinajstić information content (AvgIpc) is 2.62. The van der Waals surface area contributed by atoms with Crippen molar-refractivity contribution >= 4 is 30.0 Å². The molecule has 0 aromatic heterocycles. The van der Waals surface area contributed by atoms with Crippen molar-refractivity contribution in [3.8, 4) is 5.75 Å². The number of halogens is 1. The first-order valence-electron chi connectivity index (χ1n) is 9.28. The number of esters is 1. The minimum atomic E-state index is -0.456. The number of hydrogen-bond acceptors (Lipinski definition) is 5. The molecule has 6 nitrogen and oxygen atoms in total. The zero-order valence-corrected chi connectivity index (χ0v) is 17.2. The molecule has 0 aliphatic heterocycles. The zero-order chi connectivity index (χ0) is 19.2. The van der Waals surface area contributed by atoms with Crippen LogP contribution in [-0.2, 0) is 9.53 Å². The largest absolute Gasteiger partial charge is 0.489 e. The molecule has 0 saturated heterocycles. The molecule has 0 unspecified atom stereocenters. The fraction of sp³-hybridized carbons (Fsp3) is 0.600. The number of anilines is 1. The molecular weight excluding hydrogens is 368 g/mol. The smallest absolute Gasteiger partial charge is 0.337 e. The second-order valence-corrected chi connectivity index (χ2v) is 7.36. The Morgan fingerprint density at radius 2 is 1.89 bits per heavy atom. The summed E-state index contributed by atoms with van der Waals surface area (Å²) in [5, 5.41) is 2.91. The first kappa shape index (κ1) is 23.2. The highest BCUT2D eigenvalue weighted by molar-refractivity contribution is 5.96. The molecule has 0 atom stereocenters. The van der Waals surface area contributed by atoms with E-state index >= 15 is 0 Å². The van der Waals surface area contributed by atoms with E-state index in [0.29, 0.717) is 30.0 Å². The highest BCUT2D eigenvalue weighted by Crippen LogP contribution is 2.39. The van der Waals surface area contributed by atoms with Gasteiger partial charge in [0.2, 0.25) is 5.91 Å². The second-order valence-electron chi connectivity index (χ2n) is 7.36. The number of carbonyl (C=O) groups excluding carboxylic acids is 2. The molecular formula is C20H31ClN2O4. The standard InChI is InChI=1S/C20H30N2O4.ClH/c1-14(2)26-17-8-7-15(19(24)25-3)11-16(17)22-18(23)12-20(13-21)9-5-4-6-10-20;/h7-8,11,14H,4-6,9-10,12-13,21H2,1-3H3,(H,22,23);1H. The van der Waals surface area contributed by atoms with Crippen molar-refractivity contribution in [2.24, 2.45) is 11.1 Å². The monoisotopic (exact) mass is 398 g/mol. The van der Waals surface area contributed by atoms with Gasteiger partial charge in [0, 0.05) is 6.42 Å². The van der Waals surface area contributed by atoms with Crippen molar-refractivity contribution in [3.05, 3.63) is 23.8 Å². The Balaban J connectivity index is 0.00000364. The number of ether oxygens (including phenoxy) is 2. The topological polar surface area (TPSA) is 90.6 Å². The molecule has 152 valence electrons. The first-order valence-corrected chi connectivity index (χ1v) is 9.28. The van der Waals surface area contributed by atoms with Crippen LogP contribution in [0.1, 0.15) is 62.7 Å². The van der Waals surface area contributed by atoms with E-state index in [1.165, 1.54) is 13.5 Å². The van der Waals surface area contributed by atoms with E-state index in [1.807, 2.05) is 13.8 Å². The van der Waals surface area contributed by atoms with Crippen LogP contribution in [0, 0.1) is 5.41 Å². The van der Waals surface area contributed by atoms with Gasteiger partial charge in [-0.05, 0) is 56.8 Å². The van der Waals surface area contributed by atoms with Gasteiger partial charge < -0.3 is 20.5 Å². The lowest BCUT2D eigenvalue weighted by atomic mass is 9.71. The molecule has 0 spiro atoms. The second kappa shape index (κ2) is 10.5. The quantitative estimate of drug-likeness (QED) is 0.679. The molecule has 0 radical (unpaired) electrons. The van der Waals surface area contributed by atoms with Gasteiger partial charge in [0.1, 0.15) is 5.75 Å².